The molecule has 0 radical (unpaired) electrons. The van der Waals surface area contributed by atoms with E-state index in [0.29, 0.717) is 19.4 Å². The summed E-state index contributed by atoms with van der Waals surface area (Å²) in [6.07, 6.45) is -0.433. The number of hydrogen-bond donors (Lipinski definition) is 9. The summed E-state index contributed by atoms with van der Waals surface area (Å²) < 4.78 is 0. The first-order chi connectivity index (χ1) is 30.1. The molecule has 25 heteroatoms. The number of amides is 4. The van der Waals surface area contributed by atoms with Gasteiger partial charge in [0, 0.05) is 90.5 Å². The number of ketones is 2. The first kappa shape index (κ1) is 55.1. The van der Waals surface area contributed by atoms with Crippen LogP contribution < -0.4 is 16.0 Å². The van der Waals surface area contributed by atoms with E-state index in [2.05, 4.69) is 16.0 Å². The van der Waals surface area contributed by atoms with Gasteiger partial charge in [0.15, 0.2) is 11.6 Å². The number of aliphatic carboxylic acids is 4. The molecule has 0 spiro atoms. The molecule has 0 aromatic heterocycles. The van der Waals surface area contributed by atoms with Gasteiger partial charge in [-0.25, -0.2) is 0 Å². The Bertz CT molecular complexity index is 1620. The van der Waals surface area contributed by atoms with E-state index < -0.39 is 116 Å². The summed E-state index contributed by atoms with van der Waals surface area (Å²) in [7, 11) is -1.72. The molecule has 0 saturated carbocycles. The first-order valence-electron chi connectivity index (χ1n) is 21.4. The average Bonchev–Trinajstić information content (AvgIpc) is 3.70. The van der Waals surface area contributed by atoms with E-state index in [9.17, 15) is 78.4 Å². The van der Waals surface area contributed by atoms with Gasteiger partial charge in [0.25, 0.3) is 0 Å². The SMILES string of the molecule is CC(C)[C@H](CC(=O)CNC(=O)CCC(=O)CNC(=O)CC[C@H](C(=O)O)N1CCN(CC(=O)O)CCN(CC(=O)O)CCN(CC(=O)O)CC1)C(=O)N[C@H](C)C(=O)N1CCC[C@H]1B(O)O. The molecular weight excluding hydrogens is 847 g/mol. The third-order valence-electron chi connectivity index (χ3n) is 11.2. The fraction of sp³-hybridized carbons (Fsp3) is 0.744. The molecule has 2 aliphatic rings. The highest BCUT2D eigenvalue weighted by molar-refractivity contribution is 6.43. The van der Waals surface area contributed by atoms with Crippen LogP contribution in [0.2, 0.25) is 0 Å². The van der Waals surface area contributed by atoms with Gasteiger partial charge < -0.3 is 51.3 Å². The van der Waals surface area contributed by atoms with Crippen molar-refractivity contribution in [3.63, 3.8) is 0 Å². The predicted molar refractivity (Wildman–Crippen MR) is 225 cm³/mol. The quantitative estimate of drug-likeness (QED) is 0.0394. The number of carboxylic acid groups (broad SMARTS) is 4. The van der Waals surface area contributed by atoms with Gasteiger partial charge in [0.1, 0.15) is 12.1 Å². The Labute approximate surface area is 371 Å². The molecule has 9 N–H and O–H groups in total. The standard InChI is InChI=1S/C39H65BN8O16/c1-25(2)29(37(59)43-26(3)38(60)48-10-4-5-31(48)40(63)64)19-28(50)21-42-32(51)8-6-27(49)20-41-33(52)9-7-30(39(61)62)47-17-15-45(23-35(55)56)13-11-44(22-34(53)54)12-14-46(16-18-47)24-36(57)58/h25-26,29-31,63-64H,4-24H2,1-3H3,(H,41,52)(H,42,51)(H,43,59)(H,53,54)(H,55,56)(H,57,58)(H,61,62)/t26-,29+,30-,31+/m1/s1. The lowest BCUT2D eigenvalue weighted by Gasteiger charge is -2.35. The largest absolute Gasteiger partial charge is 0.480 e. The summed E-state index contributed by atoms with van der Waals surface area (Å²) in [5.74, 6) is -9.98. The van der Waals surface area contributed by atoms with Gasteiger partial charge in [-0.15, -0.1) is 0 Å². The first-order valence-corrected chi connectivity index (χ1v) is 21.4. The normalized spacial score (nSPS) is 18.7. The molecular formula is C39H65BN8O16. The van der Waals surface area contributed by atoms with Gasteiger partial charge in [-0.05, 0) is 32.1 Å². The average molecular weight is 913 g/mol. The molecule has 4 atom stereocenters. The molecule has 2 aliphatic heterocycles. The van der Waals surface area contributed by atoms with Crippen LogP contribution in [0.5, 0.6) is 0 Å². The van der Waals surface area contributed by atoms with E-state index in [1.807, 2.05) is 0 Å². The molecule has 360 valence electrons. The van der Waals surface area contributed by atoms with Crippen LogP contribution in [0.1, 0.15) is 65.7 Å². The number of carbonyl (C=O) groups is 10. The van der Waals surface area contributed by atoms with E-state index in [0.717, 1.165) is 0 Å². The Morgan fingerprint density at radius 1 is 0.625 bits per heavy atom. The summed E-state index contributed by atoms with van der Waals surface area (Å²) in [4.78, 5) is 131. The van der Waals surface area contributed by atoms with Gasteiger partial charge in [-0.2, -0.15) is 0 Å². The third-order valence-corrected chi connectivity index (χ3v) is 11.2. The number of carboxylic acids is 4. The molecule has 2 fully saturated rings. The maximum absolute atomic E-state index is 13.1. The van der Waals surface area contributed by atoms with Gasteiger partial charge in [0.05, 0.1) is 38.7 Å². The minimum absolute atomic E-state index is 0.0198. The molecule has 0 aromatic rings. The fourth-order valence-corrected chi connectivity index (χ4v) is 7.51. The number of nitrogens with one attached hydrogen (secondary N) is 3. The van der Waals surface area contributed by atoms with Crippen LogP contribution in [0.4, 0.5) is 0 Å². The lowest BCUT2D eigenvalue weighted by Crippen LogP contribution is -2.53. The zero-order valence-electron chi connectivity index (χ0n) is 36.8. The molecule has 4 amide bonds. The topological polar surface area (TPSA) is 344 Å². The van der Waals surface area contributed by atoms with Crippen molar-refractivity contribution in [2.75, 3.05) is 91.6 Å². The van der Waals surface area contributed by atoms with E-state index in [1.165, 1.54) is 26.5 Å². The Hall–Kier alpha value is -5.08. The van der Waals surface area contributed by atoms with Crippen LogP contribution in [0.15, 0.2) is 0 Å². The van der Waals surface area contributed by atoms with Crippen LogP contribution in [0.25, 0.3) is 0 Å². The van der Waals surface area contributed by atoms with Crippen molar-refractivity contribution >= 4 is 66.2 Å². The second-order valence-electron chi connectivity index (χ2n) is 16.5. The molecule has 0 aromatic carbocycles. The van der Waals surface area contributed by atoms with Crippen LogP contribution in [-0.4, -0.2) is 231 Å². The molecule has 64 heavy (non-hydrogen) atoms. The van der Waals surface area contributed by atoms with Crippen LogP contribution in [0, 0.1) is 11.8 Å². The van der Waals surface area contributed by atoms with E-state index in [1.54, 1.807) is 18.7 Å². The van der Waals surface area contributed by atoms with Crippen molar-refractivity contribution in [3.8, 4) is 0 Å². The van der Waals surface area contributed by atoms with E-state index in [-0.39, 0.29) is 96.9 Å². The zero-order valence-corrected chi connectivity index (χ0v) is 36.8. The van der Waals surface area contributed by atoms with Crippen molar-refractivity contribution in [2.45, 2.75) is 83.7 Å². The second kappa shape index (κ2) is 28.0. The highest BCUT2D eigenvalue weighted by Crippen LogP contribution is 2.20. The molecule has 24 nitrogen and oxygen atoms in total. The minimum Gasteiger partial charge on any atom is -0.480 e. The minimum atomic E-state index is -1.72. The maximum atomic E-state index is 13.1. The number of likely N-dealkylation sites (tertiary alicyclic amines) is 1. The van der Waals surface area contributed by atoms with E-state index in [4.69, 9.17) is 0 Å². The van der Waals surface area contributed by atoms with Crippen LogP contribution in [-0.2, 0) is 47.9 Å². The highest BCUT2D eigenvalue weighted by atomic mass is 16.4. The lowest BCUT2D eigenvalue weighted by atomic mass is 9.78. The van der Waals surface area contributed by atoms with Gasteiger partial charge in [0.2, 0.25) is 23.6 Å². The van der Waals surface area contributed by atoms with E-state index >= 15 is 0 Å². The number of hydrogen-bond acceptors (Lipinski definition) is 16. The molecule has 0 bridgehead atoms. The van der Waals surface area contributed by atoms with Crippen molar-refractivity contribution in [1.29, 1.82) is 0 Å². The van der Waals surface area contributed by atoms with Crippen molar-refractivity contribution in [2.24, 2.45) is 11.8 Å². The molecule has 0 unspecified atom stereocenters. The Morgan fingerprint density at radius 2 is 1.09 bits per heavy atom. The monoisotopic (exact) mass is 912 g/mol. The predicted octanol–water partition coefficient (Wildman–Crippen LogP) is -3.98. The molecule has 2 saturated heterocycles. The third kappa shape index (κ3) is 20.6. The summed E-state index contributed by atoms with van der Waals surface area (Å²) >= 11 is 0. The highest BCUT2D eigenvalue weighted by Gasteiger charge is 2.39. The maximum Gasteiger partial charge on any atom is 0.475 e. The van der Waals surface area contributed by atoms with Crippen molar-refractivity contribution < 1.29 is 78.4 Å². The van der Waals surface area contributed by atoms with Crippen LogP contribution >= 0.6 is 0 Å². The summed E-state index contributed by atoms with van der Waals surface area (Å²) in [6.45, 7) is 3.90. The molecule has 0 aliphatic carbocycles. The van der Waals surface area contributed by atoms with Crippen LogP contribution in [0.3, 0.4) is 0 Å². The number of carbonyl (C=O) groups excluding carboxylic acids is 6. The second-order valence-corrected chi connectivity index (χ2v) is 16.5. The Kier molecular flexibility index (Phi) is 24.1. The number of nitrogens with zero attached hydrogens (tertiary/aromatic N) is 5. The lowest BCUT2D eigenvalue weighted by molar-refractivity contribution is -0.145. The summed E-state index contributed by atoms with van der Waals surface area (Å²) in [5.41, 5.74) is 0. The number of rotatable bonds is 25. The van der Waals surface area contributed by atoms with Gasteiger partial charge in [-0.1, -0.05) is 13.8 Å². The van der Waals surface area contributed by atoms with Gasteiger partial charge >= 0.3 is 31.0 Å². The molecule has 2 rings (SSSR count). The smallest absolute Gasteiger partial charge is 0.475 e. The summed E-state index contributed by atoms with van der Waals surface area (Å²) in [5, 5.41) is 65.0. The Morgan fingerprint density at radius 3 is 1.55 bits per heavy atom. The summed E-state index contributed by atoms with van der Waals surface area (Å²) in [6, 6.07) is -2.25. The zero-order chi connectivity index (χ0) is 48.1. The van der Waals surface area contributed by atoms with Crippen molar-refractivity contribution in [1.82, 2.24) is 40.4 Å². The molecule has 2 heterocycles. The van der Waals surface area contributed by atoms with Crippen molar-refractivity contribution in [3.05, 3.63) is 0 Å². The fourth-order valence-electron chi connectivity index (χ4n) is 7.51. The Balaban J connectivity index is 1.88. The number of Topliss-reactive ketones (excluding diaryl/α,β-unsaturated/α-hetero) is 2. The van der Waals surface area contributed by atoms with Gasteiger partial charge in [-0.3, -0.25) is 67.5 Å².